The van der Waals surface area contributed by atoms with Gasteiger partial charge in [-0.3, -0.25) is 4.79 Å². The molecule has 1 N–H and O–H groups in total. The quantitative estimate of drug-likeness (QED) is 0.864. The van der Waals surface area contributed by atoms with Crippen LogP contribution in [0.25, 0.3) is 0 Å². The second kappa shape index (κ2) is 6.39. The Hall–Kier alpha value is -1.07. The van der Waals surface area contributed by atoms with Gasteiger partial charge in [-0.25, -0.2) is 0 Å². The van der Waals surface area contributed by atoms with Crippen LogP contribution in [-0.4, -0.2) is 33.1 Å². The van der Waals surface area contributed by atoms with Crippen LogP contribution >= 0.6 is 15.9 Å². The van der Waals surface area contributed by atoms with E-state index in [0.717, 1.165) is 30.4 Å². The minimum atomic E-state index is 0.0932. The zero-order valence-electron chi connectivity index (χ0n) is 11.2. The zero-order chi connectivity index (χ0) is 13.8. The fourth-order valence-corrected chi connectivity index (χ4v) is 2.86. The van der Waals surface area contributed by atoms with Gasteiger partial charge in [0.05, 0.1) is 14.2 Å². The van der Waals surface area contributed by atoms with Gasteiger partial charge in [-0.05, 0) is 54.0 Å². The second-order valence-electron chi connectivity index (χ2n) is 4.58. The Morgan fingerprint density at radius 1 is 1.21 bits per heavy atom. The highest BCUT2D eigenvalue weighted by Crippen LogP contribution is 2.35. The first kappa shape index (κ1) is 14.3. The van der Waals surface area contributed by atoms with Crippen LogP contribution < -0.4 is 14.8 Å². The molecule has 1 saturated heterocycles. The number of halogens is 1. The Morgan fingerprint density at radius 2 is 1.79 bits per heavy atom. The number of piperidine rings is 1. The smallest absolute Gasteiger partial charge is 0.167 e. The predicted octanol–water partition coefficient (Wildman–Crippen LogP) is 2.65. The predicted molar refractivity (Wildman–Crippen MR) is 77.2 cm³/mol. The lowest BCUT2D eigenvalue weighted by Crippen LogP contribution is -2.32. The van der Waals surface area contributed by atoms with Gasteiger partial charge in [0.25, 0.3) is 0 Å². The molecule has 0 unspecified atom stereocenters. The molecule has 4 nitrogen and oxygen atoms in total. The fraction of sp³-hybridized carbons (Fsp3) is 0.500. The van der Waals surface area contributed by atoms with E-state index in [2.05, 4.69) is 21.2 Å². The standard InChI is InChI=1S/C14H18BrNO3/c1-18-12-7-10(11(15)8-13(12)19-2)14(17)9-3-5-16-6-4-9/h7-9,16H,3-6H2,1-2H3. The topological polar surface area (TPSA) is 47.6 Å². The number of carbonyl (C=O) groups is 1. The first-order chi connectivity index (χ1) is 9.17. The monoisotopic (exact) mass is 327 g/mol. The number of hydrogen-bond donors (Lipinski definition) is 1. The highest BCUT2D eigenvalue weighted by Gasteiger charge is 2.25. The number of ketones is 1. The van der Waals surface area contributed by atoms with Crippen LogP contribution in [0.4, 0.5) is 0 Å². The summed E-state index contributed by atoms with van der Waals surface area (Å²) in [5.74, 6) is 1.48. The van der Waals surface area contributed by atoms with Crippen molar-refractivity contribution >= 4 is 21.7 Å². The molecule has 1 heterocycles. The third-order valence-electron chi connectivity index (χ3n) is 3.45. The van der Waals surface area contributed by atoms with Gasteiger partial charge in [-0.2, -0.15) is 0 Å². The van der Waals surface area contributed by atoms with Crippen LogP contribution in [0, 0.1) is 5.92 Å². The zero-order valence-corrected chi connectivity index (χ0v) is 12.7. The molecule has 1 aliphatic rings. The van der Waals surface area contributed by atoms with E-state index in [-0.39, 0.29) is 11.7 Å². The average Bonchev–Trinajstić information content (AvgIpc) is 2.47. The number of rotatable bonds is 4. The summed E-state index contributed by atoms with van der Waals surface area (Å²) in [6.45, 7) is 1.81. The first-order valence-electron chi connectivity index (χ1n) is 6.33. The lowest BCUT2D eigenvalue weighted by atomic mass is 9.89. The van der Waals surface area contributed by atoms with E-state index in [0.29, 0.717) is 17.1 Å². The van der Waals surface area contributed by atoms with E-state index in [1.54, 1.807) is 26.4 Å². The molecule has 1 aliphatic heterocycles. The summed E-state index contributed by atoms with van der Waals surface area (Å²) in [5.41, 5.74) is 0.671. The van der Waals surface area contributed by atoms with Crippen LogP contribution in [-0.2, 0) is 0 Å². The van der Waals surface area contributed by atoms with E-state index in [1.165, 1.54) is 0 Å². The third-order valence-corrected chi connectivity index (χ3v) is 4.10. The molecule has 0 saturated carbocycles. The van der Waals surface area contributed by atoms with Gasteiger partial charge >= 0.3 is 0 Å². The minimum absolute atomic E-state index is 0.0932. The molecule has 104 valence electrons. The highest BCUT2D eigenvalue weighted by molar-refractivity contribution is 9.10. The van der Waals surface area contributed by atoms with Crippen molar-refractivity contribution in [2.45, 2.75) is 12.8 Å². The van der Waals surface area contributed by atoms with Gasteiger partial charge in [-0.15, -0.1) is 0 Å². The molecule has 2 rings (SSSR count). The molecule has 1 fully saturated rings. The maximum atomic E-state index is 12.5. The third kappa shape index (κ3) is 3.09. The number of hydrogen-bond acceptors (Lipinski definition) is 4. The Bertz CT molecular complexity index is 470. The molecule has 0 aromatic heterocycles. The number of carbonyl (C=O) groups excluding carboxylic acids is 1. The lowest BCUT2D eigenvalue weighted by molar-refractivity contribution is 0.0894. The molecule has 19 heavy (non-hydrogen) atoms. The Labute approximate surface area is 121 Å². The second-order valence-corrected chi connectivity index (χ2v) is 5.43. The SMILES string of the molecule is COc1cc(Br)c(C(=O)C2CCNCC2)cc1OC. The molecule has 1 aromatic carbocycles. The van der Waals surface area contributed by atoms with Crippen LogP contribution in [0.5, 0.6) is 11.5 Å². The molecular formula is C14H18BrNO3. The van der Waals surface area contributed by atoms with Crippen molar-refractivity contribution in [3.63, 3.8) is 0 Å². The number of ether oxygens (including phenoxy) is 2. The van der Waals surface area contributed by atoms with Crippen LogP contribution in [0.15, 0.2) is 16.6 Å². The minimum Gasteiger partial charge on any atom is -0.493 e. The molecule has 1 aromatic rings. The molecule has 5 heteroatoms. The summed E-state index contributed by atoms with van der Waals surface area (Å²) in [4.78, 5) is 12.5. The van der Waals surface area contributed by atoms with Crippen LogP contribution in [0.1, 0.15) is 23.2 Å². The number of Topliss-reactive ketones (excluding diaryl/α,β-unsaturated/α-hetero) is 1. The van der Waals surface area contributed by atoms with Crippen molar-refractivity contribution in [2.75, 3.05) is 27.3 Å². The Balaban J connectivity index is 2.30. The van der Waals surface area contributed by atoms with Gasteiger partial charge in [0, 0.05) is 16.0 Å². The van der Waals surface area contributed by atoms with E-state index >= 15 is 0 Å². The van der Waals surface area contributed by atoms with Gasteiger partial charge in [0.1, 0.15) is 0 Å². The number of methoxy groups -OCH3 is 2. The number of benzene rings is 1. The maximum absolute atomic E-state index is 12.5. The van der Waals surface area contributed by atoms with E-state index in [4.69, 9.17) is 9.47 Å². The summed E-state index contributed by atoms with van der Waals surface area (Å²) in [7, 11) is 3.16. The van der Waals surface area contributed by atoms with Crippen molar-refractivity contribution in [2.24, 2.45) is 5.92 Å². The lowest BCUT2D eigenvalue weighted by Gasteiger charge is -2.22. The van der Waals surface area contributed by atoms with Crippen molar-refractivity contribution in [1.82, 2.24) is 5.32 Å². The normalized spacial score (nSPS) is 16.2. The molecule has 0 aliphatic carbocycles. The summed E-state index contributed by atoms with van der Waals surface area (Å²) in [6.07, 6.45) is 1.78. The molecular weight excluding hydrogens is 310 g/mol. The van der Waals surface area contributed by atoms with Gasteiger partial charge in [0.2, 0.25) is 0 Å². The van der Waals surface area contributed by atoms with Crippen LogP contribution in [0.3, 0.4) is 0 Å². The highest BCUT2D eigenvalue weighted by atomic mass is 79.9. The Morgan fingerprint density at radius 3 is 2.37 bits per heavy atom. The summed E-state index contributed by atoms with van der Waals surface area (Å²) in [5, 5.41) is 3.27. The Kier molecular flexibility index (Phi) is 4.82. The molecule has 0 bridgehead atoms. The van der Waals surface area contributed by atoms with Gasteiger partial charge < -0.3 is 14.8 Å². The summed E-state index contributed by atoms with van der Waals surface area (Å²) < 4.78 is 11.2. The van der Waals surface area contributed by atoms with Gasteiger partial charge in [0.15, 0.2) is 17.3 Å². The largest absolute Gasteiger partial charge is 0.493 e. The van der Waals surface area contributed by atoms with E-state index in [9.17, 15) is 4.79 Å². The summed E-state index contributed by atoms with van der Waals surface area (Å²) >= 11 is 3.45. The van der Waals surface area contributed by atoms with E-state index < -0.39 is 0 Å². The molecule has 0 atom stereocenters. The molecule has 0 spiro atoms. The first-order valence-corrected chi connectivity index (χ1v) is 7.13. The van der Waals surface area contributed by atoms with Crippen molar-refractivity contribution in [3.05, 3.63) is 22.2 Å². The molecule has 0 amide bonds. The average molecular weight is 328 g/mol. The van der Waals surface area contributed by atoms with Crippen molar-refractivity contribution in [3.8, 4) is 11.5 Å². The molecule has 0 radical (unpaired) electrons. The van der Waals surface area contributed by atoms with E-state index in [1.807, 2.05) is 0 Å². The maximum Gasteiger partial charge on any atom is 0.167 e. The van der Waals surface area contributed by atoms with Crippen LogP contribution in [0.2, 0.25) is 0 Å². The van der Waals surface area contributed by atoms with Gasteiger partial charge in [-0.1, -0.05) is 0 Å². The van der Waals surface area contributed by atoms with Crippen molar-refractivity contribution in [1.29, 1.82) is 0 Å². The number of nitrogens with one attached hydrogen (secondary N) is 1. The summed E-state index contributed by atoms with van der Waals surface area (Å²) in [6, 6.07) is 3.54. The van der Waals surface area contributed by atoms with Crippen molar-refractivity contribution < 1.29 is 14.3 Å². The fourth-order valence-electron chi connectivity index (χ4n) is 2.35.